The Morgan fingerprint density at radius 2 is 1.94 bits per heavy atom. The Bertz CT molecular complexity index is 1270. The Labute approximate surface area is 190 Å². The van der Waals surface area contributed by atoms with Crippen molar-refractivity contribution in [1.82, 2.24) is 20.1 Å². The fraction of sp³-hybridized carbons (Fsp3) is 0.280. The zero-order valence-electron chi connectivity index (χ0n) is 18.2. The monoisotopic (exact) mass is 450 g/mol. The van der Waals surface area contributed by atoms with Crippen molar-refractivity contribution in [1.29, 1.82) is 0 Å². The standard InChI is InChI=1S/C25H24F2N4O2/c1-32-20-3-5-24-22(14-20)25(6-7-29-24)31-15-16-10-19(2-4-23(16)30-31)28-8-9-33-21-12-17(26)11-18(27)13-21/h3,5-7,11-15,19,28H,2,4,8-10H2,1H3. The van der Waals surface area contributed by atoms with E-state index in [0.29, 0.717) is 13.2 Å². The first kappa shape index (κ1) is 21.3. The van der Waals surface area contributed by atoms with Crippen LogP contribution in [-0.2, 0) is 12.8 Å². The van der Waals surface area contributed by atoms with Gasteiger partial charge < -0.3 is 14.8 Å². The molecule has 2 aromatic carbocycles. The molecule has 0 bridgehead atoms. The smallest absolute Gasteiger partial charge is 0.129 e. The number of halogens is 2. The molecule has 1 aliphatic rings. The van der Waals surface area contributed by atoms with Crippen molar-refractivity contribution < 1.29 is 18.3 Å². The number of rotatable bonds is 7. The molecule has 170 valence electrons. The lowest BCUT2D eigenvalue weighted by molar-refractivity contribution is 0.297. The third-order valence-corrected chi connectivity index (χ3v) is 5.89. The molecule has 0 saturated carbocycles. The van der Waals surface area contributed by atoms with Crippen molar-refractivity contribution in [3.05, 3.63) is 77.8 Å². The molecule has 0 fully saturated rings. The van der Waals surface area contributed by atoms with Crippen molar-refractivity contribution in [2.24, 2.45) is 0 Å². The molecule has 8 heteroatoms. The van der Waals surface area contributed by atoms with Gasteiger partial charge in [-0.05, 0) is 49.1 Å². The van der Waals surface area contributed by atoms with Crippen molar-refractivity contribution >= 4 is 10.9 Å². The second kappa shape index (κ2) is 9.15. The van der Waals surface area contributed by atoms with Crippen LogP contribution in [0.5, 0.6) is 11.5 Å². The van der Waals surface area contributed by atoms with Crippen LogP contribution in [0.15, 0.2) is 54.9 Å². The summed E-state index contributed by atoms with van der Waals surface area (Å²) in [5, 5.41) is 9.30. The minimum atomic E-state index is -0.643. The van der Waals surface area contributed by atoms with Crippen LogP contribution in [0.4, 0.5) is 8.78 Å². The average molecular weight is 450 g/mol. The summed E-state index contributed by atoms with van der Waals surface area (Å²) < 4.78 is 39.3. The fourth-order valence-electron chi connectivity index (χ4n) is 4.28. The zero-order valence-corrected chi connectivity index (χ0v) is 18.2. The first-order valence-corrected chi connectivity index (χ1v) is 10.9. The quantitative estimate of drug-likeness (QED) is 0.427. The van der Waals surface area contributed by atoms with E-state index in [0.717, 1.165) is 53.4 Å². The second-order valence-corrected chi connectivity index (χ2v) is 8.11. The number of aryl methyl sites for hydroxylation is 1. The number of aromatic nitrogens is 3. The molecule has 5 rings (SSSR count). The van der Waals surface area contributed by atoms with Gasteiger partial charge in [-0.1, -0.05) is 0 Å². The summed E-state index contributed by atoms with van der Waals surface area (Å²) in [6, 6.07) is 11.3. The van der Waals surface area contributed by atoms with E-state index in [-0.39, 0.29) is 11.8 Å². The van der Waals surface area contributed by atoms with Crippen molar-refractivity contribution in [3.8, 4) is 17.2 Å². The molecule has 1 N–H and O–H groups in total. The molecule has 0 radical (unpaired) electrons. The predicted molar refractivity (Wildman–Crippen MR) is 121 cm³/mol. The Kier molecular flexibility index (Phi) is 5.92. The van der Waals surface area contributed by atoms with Crippen LogP contribution in [0, 0.1) is 11.6 Å². The molecule has 0 aliphatic heterocycles. The lowest BCUT2D eigenvalue weighted by Gasteiger charge is -2.22. The maximum absolute atomic E-state index is 13.3. The number of pyridine rings is 1. The molecule has 1 aliphatic carbocycles. The first-order valence-electron chi connectivity index (χ1n) is 10.9. The number of benzene rings is 2. The normalized spacial score (nSPS) is 15.4. The zero-order chi connectivity index (χ0) is 22.8. The molecule has 6 nitrogen and oxygen atoms in total. The van der Waals surface area contributed by atoms with Gasteiger partial charge in [0.2, 0.25) is 0 Å². The summed E-state index contributed by atoms with van der Waals surface area (Å²) in [6.45, 7) is 0.914. The molecule has 4 aromatic rings. The van der Waals surface area contributed by atoms with Gasteiger partial charge in [0.25, 0.3) is 0 Å². The van der Waals surface area contributed by atoms with Crippen LogP contribution in [0.25, 0.3) is 16.6 Å². The van der Waals surface area contributed by atoms with Gasteiger partial charge in [0.05, 0.1) is 24.0 Å². The van der Waals surface area contributed by atoms with Crippen molar-refractivity contribution in [2.75, 3.05) is 20.3 Å². The lowest BCUT2D eigenvalue weighted by Crippen LogP contribution is -2.36. The molecule has 2 heterocycles. The van der Waals surface area contributed by atoms with Gasteiger partial charge in [0.1, 0.15) is 29.7 Å². The number of ether oxygens (including phenoxy) is 2. The summed E-state index contributed by atoms with van der Waals surface area (Å²) in [7, 11) is 1.65. The summed E-state index contributed by atoms with van der Waals surface area (Å²) >= 11 is 0. The van der Waals surface area contributed by atoms with Crippen LogP contribution in [0.1, 0.15) is 17.7 Å². The lowest BCUT2D eigenvalue weighted by atomic mass is 9.93. The number of hydrogen-bond acceptors (Lipinski definition) is 5. The fourth-order valence-corrected chi connectivity index (χ4v) is 4.28. The molecular formula is C25H24F2N4O2. The number of nitrogens with zero attached hydrogens (tertiary/aromatic N) is 3. The highest BCUT2D eigenvalue weighted by Crippen LogP contribution is 2.27. The Morgan fingerprint density at radius 3 is 2.76 bits per heavy atom. The molecule has 2 aromatic heterocycles. The number of methoxy groups -OCH3 is 1. The second-order valence-electron chi connectivity index (χ2n) is 8.11. The summed E-state index contributed by atoms with van der Waals surface area (Å²) in [6.07, 6.45) is 6.57. The highest BCUT2D eigenvalue weighted by Gasteiger charge is 2.22. The minimum Gasteiger partial charge on any atom is -0.497 e. The first-order chi connectivity index (χ1) is 16.1. The summed E-state index contributed by atoms with van der Waals surface area (Å²) in [4.78, 5) is 4.45. The predicted octanol–water partition coefficient (Wildman–Crippen LogP) is 4.23. The molecule has 1 unspecified atom stereocenters. The van der Waals surface area contributed by atoms with Gasteiger partial charge in [-0.15, -0.1) is 0 Å². The van der Waals surface area contributed by atoms with Crippen molar-refractivity contribution in [3.63, 3.8) is 0 Å². The average Bonchev–Trinajstić information content (AvgIpc) is 3.23. The van der Waals surface area contributed by atoms with E-state index in [1.54, 1.807) is 13.3 Å². The molecule has 1 atom stereocenters. The molecule has 0 spiro atoms. The van der Waals surface area contributed by atoms with Gasteiger partial charge in [0, 0.05) is 48.6 Å². The van der Waals surface area contributed by atoms with Crippen molar-refractivity contribution in [2.45, 2.75) is 25.3 Å². The van der Waals surface area contributed by atoms with Crippen LogP contribution < -0.4 is 14.8 Å². The van der Waals surface area contributed by atoms with E-state index in [9.17, 15) is 8.78 Å². The Hall–Kier alpha value is -3.52. The maximum Gasteiger partial charge on any atom is 0.129 e. The number of nitrogens with one attached hydrogen (secondary N) is 1. The van der Waals surface area contributed by atoms with Gasteiger partial charge in [-0.2, -0.15) is 5.10 Å². The molecular weight excluding hydrogens is 426 g/mol. The van der Waals surface area contributed by atoms with E-state index < -0.39 is 11.6 Å². The van der Waals surface area contributed by atoms with Gasteiger partial charge in [-0.25, -0.2) is 13.5 Å². The molecule has 0 amide bonds. The van der Waals surface area contributed by atoms with E-state index in [1.807, 2.05) is 28.9 Å². The SMILES string of the molecule is COc1ccc2nccc(-n3cc4c(n3)CCC(NCCOc3cc(F)cc(F)c3)C4)c2c1. The van der Waals surface area contributed by atoms with Crippen LogP contribution in [0.3, 0.4) is 0 Å². The molecule has 0 saturated heterocycles. The molecule has 33 heavy (non-hydrogen) atoms. The largest absolute Gasteiger partial charge is 0.497 e. The van der Waals surface area contributed by atoms with Crippen LogP contribution >= 0.6 is 0 Å². The summed E-state index contributed by atoms with van der Waals surface area (Å²) in [5.74, 6) is -0.311. The Morgan fingerprint density at radius 1 is 1.09 bits per heavy atom. The number of hydrogen-bond donors (Lipinski definition) is 1. The van der Waals surface area contributed by atoms with E-state index in [4.69, 9.17) is 14.6 Å². The third-order valence-electron chi connectivity index (χ3n) is 5.89. The van der Waals surface area contributed by atoms with E-state index in [2.05, 4.69) is 16.5 Å². The maximum atomic E-state index is 13.3. The highest BCUT2D eigenvalue weighted by molar-refractivity contribution is 5.88. The van der Waals surface area contributed by atoms with Crippen LogP contribution in [0.2, 0.25) is 0 Å². The van der Waals surface area contributed by atoms with E-state index >= 15 is 0 Å². The topological polar surface area (TPSA) is 61.2 Å². The highest BCUT2D eigenvalue weighted by atomic mass is 19.1. The number of fused-ring (bicyclic) bond motifs is 2. The third kappa shape index (κ3) is 4.66. The Balaban J connectivity index is 1.24. The van der Waals surface area contributed by atoms with Gasteiger partial charge in [-0.3, -0.25) is 4.98 Å². The van der Waals surface area contributed by atoms with Crippen LogP contribution in [-0.4, -0.2) is 41.1 Å². The van der Waals surface area contributed by atoms with Gasteiger partial charge >= 0.3 is 0 Å². The van der Waals surface area contributed by atoms with E-state index in [1.165, 1.54) is 17.7 Å². The minimum absolute atomic E-state index is 0.197. The van der Waals surface area contributed by atoms with Gasteiger partial charge in [0.15, 0.2) is 0 Å². The summed E-state index contributed by atoms with van der Waals surface area (Å²) in [5.41, 5.74) is 4.17.